The lowest BCUT2D eigenvalue weighted by Gasteiger charge is -2.37. The highest BCUT2D eigenvalue weighted by Gasteiger charge is 2.33. The van der Waals surface area contributed by atoms with Gasteiger partial charge in [0.05, 0.1) is 5.60 Å². The van der Waals surface area contributed by atoms with Crippen LogP contribution in [0.1, 0.15) is 57.1 Å². The van der Waals surface area contributed by atoms with Crippen LogP contribution in [0.3, 0.4) is 0 Å². The van der Waals surface area contributed by atoms with Crippen molar-refractivity contribution in [3.63, 3.8) is 0 Å². The first-order valence-corrected chi connectivity index (χ1v) is 10.7. The van der Waals surface area contributed by atoms with Crippen molar-refractivity contribution in [3.8, 4) is 11.3 Å². The van der Waals surface area contributed by atoms with Crippen LogP contribution in [0.4, 0.5) is 0 Å². The normalized spacial score (nSPS) is 20.9. The van der Waals surface area contributed by atoms with Crippen molar-refractivity contribution in [1.82, 2.24) is 10.1 Å². The van der Waals surface area contributed by atoms with Gasteiger partial charge in [-0.15, -0.1) is 0 Å². The van der Waals surface area contributed by atoms with Gasteiger partial charge in [0.15, 0.2) is 0 Å². The van der Waals surface area contributed by atoms with Crippen molar-refractivity contribution in [2.45, 2.75) is 63.4 Å². The molecule has 1 aromatic heterocycles. The summed E-state index contributed by atoms with van der Waals surface area (Å²) in [4.78, 5) is 2.53. The van der Waals surface area contributed by atoms with Gasteiger partial charge >= 0.3 is 0 Å². The molecule has 2 fully saturated rings. The van der Waals surface area contributed by atoms with Crippen LogP contribution < -0.4 is 0 Å². The van der Waals surface area contributed by atoms with E-state index >= 15 is 0 Å². The van der Waals surface area contributed by atoms with Crippen LogP contribution in [0.25, 0.3) is 11.3 Å². The molecular formula is C23H32N2O2. The molecule has 0 radical (unpaired) electrons. The van der Waals surface area contributed by atoms with Gasteiger partial charge in [-0.05, 0) is 38.1 Å². The molecule has 1 aliphatic heterocycles. The van der Waals surface area contributed by atoms with Crippen molar-refractivity contribution in [2.24, 2.45) is 5.92 Å². The third kappa shape index (κ3) is 4.99. The van der Waals surface area contributed by atoms with E-state index in [4.69, 9.17) is 4.52 Å². The summed E-state index contributed by atoms with van der Waals surface area (Å²) in [5.41, 5.74) is 1.24. The molecule has 1 saturated carbocycles. The second kappa shape index (κ2) is 8.57. The zero-order valence-corrected chi connectivity index (χ0v) is 16.3. The van der Waals surface area contributed by atoms with Gasteiger partial charge in [0.25, 0.3) is 0 Å². The summed E-state index contributed by atoms with van der Waals surface area (Å²) >= 11 is 0. The SMILES string of the molecule is OC1(Cc2cc(-c3ccccc3)no2)CCN(CCCC2CCCC2)CC1. The summed E-state index contributed by atoms with van der Waals surface area (Å²) in [5.74, 6) is 1.77. The van der Waals surface area contributed by atoms with Gasteiger partial charge in [0, 0.05) is 31.1 Å². The van der Waals surface area contributed by atoms with Crippen molar-refractivity contribution in [1.29, 1.82) is 0 Å². The fourth-order valence-corrected chi connectivity index (χ4v) is 4.74. The maximum Gasteiger partial charge on any atom is 0.140 e. The predicted octanol–water partition coefficient (Wildman–Crippen LogP) is 4.68. The van der Waals surface area contributed by atoms with E-state index in [9.17, 15) is 5.11 Å². The molecule has 0 unspecified atom stereocenters. The molecule has 1 N–H and O–H groups in total. The summed E-state index contributed by atoms with van der Waals surface area (Å²) in [6.45, 7) is 3.16. The summed E-state index contributed by atoms with van der Waals surface area (Å²) in [6.07, 6.45) is 10.7. The topological polar surface area (TPSA) is 49.5 Å². The zero-order valence-electron chi connectivity index (χ0n) is 16.3. The van der Waals surface area contributed by atoms with E-state index in [2.05, 4.69) is 10.1 Å². The first-order valence-electron chi connectivity index (χ1n) is 10.7. The minimum absolute atomic E-state index is 0.558. The quantitative estimate of drug-likeness (QED) is 0.771. The fourth-order valence-electron chi connectivity index (χ4n) is 4.74. The van der Waals surface area contributed by atoms with Gasteiger partial charge in [-0.1, -0.05) is 61.2 Å². The summed E-state index contributed by atoms with van der Waals surface area (Å²) in [5, 5.41) is 15.2. The number of benzene rings is 1. The van der Waals surface area contributed by atoms with Crippen LogP contribution in [-0.2, 0) is 6.42 Å². The molecule has 2 aliphatic rings. The highest BCUT2D eigenvalue weighted by atomic mass is 16.5. The molecule has 2 heterocycles. The molecule has 146 valence electrons. The van der Waals surface area contributed by atoms with E-state index in [1.54, 1.807) is 0 Å². The number of piperidine rings is 1. The largest absolute Gasteiger partial charge is 0.389 e. The lowest BCUT2D eigenvalue weighted by atomic mass is 9.87. The highest BCUT2D eigenvalue weighted by molar-refractivity contribution is 5.58. The van der Waals surface area contributed by atoms with E-state index in [1.807, 2.05) is 36.4 Å². The van der Waals surface area contributed by atoms with E-state index in [0.717, 1.165) is 48.9 Å². The molecular weight excluding hydrogens is 336 g/mol. The van der Waals surface area contributed by atoms with Gasteiger partial charge in [0.1, 0.15) is 11.5 Å². The molecule has 0 amide bonds. The number of aromatic nitrogens is 1. The molecule has 0 atom stereocenters. The molecule has 0 spiro atoms. The van der Waals surface area contributed by atoms with Crippen molar-refractivity contribution >= 4 is 0 Å². The summed E-state index contributed by atoms with van der Waals surface area (Å²) in [6, 6.07) is 12.0. The third-order valence-electron chi connectivity index (χ3n) is 6.48. The Morgan fingerprint density at radius 3 is 2.59 bits per heavy atom. The third-order valence-corrected chi connectivity index (χ3v) is 6.48. The molecule has 2 aromatic rings. The summed E-state index contributed by atoms with van der Waals surface area (Å²) < 4.78 is 5.51. The number of hydrogen-bond donors (Lipinski definition) is 1. The van der Waals surface area contributed by atoms with Gasteiger partial charge in [0.2, 0.25) is 0 Å². The minimum atomic E-state index is -0.657. The Labute approximate surface area is 162 Å². The Bertz CT molecular complexity index is 698. The van der Waals surface area contributed by atoms with Crippen LogP contribution >= 0.6 is 0 Å². The van der Waals surface area contributed by atoms with Gasteiger partial charge in [-0.3, -0.25) is 0 Å². The van der Waals surface area contributed by atoms with Crippen LogP contribution in [0.5, 0.6) is 0 Å². The Hall–Kier alpha value is -1.65. The van der Waals surface area contributed by atoms with Gasteiger partial charge in [-0.25, -0.2) is 0 Å². The molecule has 4 rings (SSSR count). The van der Waals surface area contributed by atoms with Crippen LogP contribution in [-0.4, -0.2) is 40.4 Å². The maximum absolute atomic E-state index is 11.0. The van der Waals surface area contributed by atoms with E-state index in [-0.39, 0.29) is 0 Å². The van der Waals surface area contributed by atoms with Crippen molar-refractivity contribution in [3.05, 3.63) is 42.2 Å². The van der Waals surface area contributed by atoms with Crippen LogP contribution in [0, 0.1) is 5.92 Å². The lowest BCUT2D eigenvalue weighted by Crippen LogP contribution is -2.45. The molecule has 1 aromatic carbocycles. The monoisotopic (exact) mass is 368 g/mol. The van der Waals surface area contributed by atoms with Crippen LogP contribution in [0.15, 0.2) is 40.9 Å². The number of likely N-dealkylation sites (tertiary alicyclic amines) is 1. The number of hydrogen-bond acceptors (Lipinski definition) is 4. The average molecular weight is 369 g/mol. The predicted molar refractivity (Wildman–Crippen MR) is 107 cm³/mol. The molecule has 4 nitrogen and oxygen atoms in total. The van der Waals surface area contributed by atoms with Crippen molar-refractivity contribution < 1.29 is 9.63 Å². The Morgan fingerprint density at radius 1 is 1.11 bits per heavy atom. The molecule has 4 heteroatoms. The fraction of sp³-hybridized carbons (Fsp3) is 0.609. The smallest absolute Gasteiger partial charge is 0.140 e. The second-order valence-electron chi connectivity index (χ2n) is 8.58. The summed E-state index contributed by atoms with van der Waals surface area (Å²) in [7, 11) is 0. The van der Waals surface area contributed by atoms with Crippen molar-refractivity contribution in [2.75, 3.05) is 19.6 Å². The molecule has 1 saturated heterocycles. The Balaban J connectivity index is 1.24. The zero-order chi connectivity index (χ0) is 18.5. The Morgan fingerprint density at radius 2 is 1.85 bits per heavy atom. The number of aliphatic hydroxyl groups is 1. The number of rotatable bonds is 7. The Kier molecular flexibility index (Phi) is 5.94. The molecule has 1 aliphatic carbocycles. The second-order valence-corrected chi connectivity index (χ2v) is 8.58. The standard InChI is InChI=1S/C23H32N2O2/c26-23(18-21-17-22(24-27-21)20-10-2-1-3-11-20)12-15-25(16-13-23)14-6-9-19-7-4-5-8-19/h1-3,10-11,17,19,26H,4-9,12-16,18H2. The first kappa shape index (κ1) is 18.7. The number of nitrogens with zero attached hydrogens (tertiary/aromatic N) is 2. The van der Waals surface area contributed by atoms with E-state index < -0.39 is 5.60 Å². The van der Waals surface area contributed by atoms with E-state index in [0.29, 0.717) is 6.42 Å². The van der Waals surface area contributed by atoms with Gasteiger partial charge in [-0.2, -0.15) is 0 Å². The lowest BCUT2D eigenvalue weighted by molar-refractivity contribution is -0.0251. The maximum atomic E-state index is 11.0. The van der Waals surface area contributed by atoms with E-state index in [1.165, 1.54) is 45.1 Å². The average Bonchev–Trinajstić information content (AvgIpc) is 3.36. The highest BCUT2D eigenvalue weighted by Crippen LogP contribution is 2.30. The van der Waals surface area contributed by atoms with Gasteiger partial charge < -0.3 is 14.5 Å². The minimum Gasteiger partial charge on any atom is -0.389 e. The first-order chi connectivity index (χ1) is 13.2. The van der Waals surface area contributed by atoms with Crippen LogP contribution in [0.2, 0.25) is 0 Å². The molecule has 0 bridgehead atoms. The molecule has 27 heavy (non-hydrogen) atoms.